The molecule has 0 radical (unpaired) electrons. The minimum absolute atomic E-state index is 0.00467. The van der Waals surface area contributed by atoms with Gasteiger partial charge in [0.25, 0.3) is 0 Å². The Labute approximate surface area is 121 Å². The Balaban J connectivity index is 2.21. The molecule has 106 valence electrons. The predicted molar refractivity (Wildman–Crippen MR) is 70.0 cm³/mol. The average Bonchev–Trinajstić information content (AvgIpc) is 2.37. The fourth-order valence-corrected chi connectivity index (χ4v) is 2.50. The molecule has 8 heteroatoms. The standard InChI is InChI=1S/C11H11BrClF3N2O/c12-4-8-6-18(1-2-19-8)10-9(13)3-7(5-17-10)11(14,15)16/h3,5,8H,1-2,4,6H2. The largest absolute Gasteiger partial charge is 0.417 e. The van der Waals surface area contributed by atoms with Crippen molar-refractivity contribution < 1.29 is 17.9 Å². The maximum absolute atomic E-state index is 12.5. The van der Waals surface area contributed by atoms with Gasteiger partial charge >= 0.3 is 6.18 Å². The summed E-state index contributed by atoms with van der Waals surface area (Å²) in [6, 6.07) is 0.905. The van der Waals surface area contributed by atoms with Crippen molar-refractivity contribution >= 4 is 33.3 Å². The Morgan fingerprint density at radius 2 is 2.26 bits per heavy atom. The number of nitrogens with zero attached hydrogens (tertiary/aromatic N) is 2. The van der Waals surface area contributed by atoms with E-state index in [2.05, 4.69) is 20.9 Å². The van der Waals surface area contributed by atoms with Crippen LogP contribution in [0.15, 0.2) is 12.3 Å². The second kappa shape index (κ2) is 5.85. The molecule has 0 spiro atoms. The van der Waals surface area contributed by atoms with E-state index in [1.54, 1.807) is 0 Å². The van der Waals surface area contributed by atoms with Gasteiger partial charge in [-0.2, -0.15) is 13.2 Å². The molecule has 0 saturated carbocycles. The van der Waals surface area contributed by atoms with E-state index in [-0.39, 0.29) is 11.1 Å². The van der Waals surface area contributed by atoms with E-state index in [0.29, 0.717) is 30.8 Å². The summed E-state index contributed by atoms with van der Waals surface area (Å²) in [6.07, 6.45) is -3.65. The van der Waals surface area contributed by atoms with Crippen LogP contribution in [0.2, 0.25) is 5.02 Å². The van der Waals surface area contributed by atoms with Crippen LogP contribution >= 0.6 is 27.5 Å². The molecule has 1 aliphatic heterocycles. The topological polar surface area (TPSA) is 25.4 Å². The second-order valence-electron chi connectivity index (χ2n) is 4.12. The molecule has 0 N–H and O–H groups in total. The summed E-state index contributed by atoms with van der Waals surface area (Å²) in [5.74, 6) is 0.365. The SMILES string of the molecule is FC(F)(F)c1cnc(N2CCOC(CBr)C2)c(Cl)c1. The summed E-state index contributed by atoms with van der Waals surface area (Å²) >= 11 is 9.22. The van der Waals surface area contributed by atoms with Gasteiger partial charge in [-0.3, -0.25) is 0 Å². The predicted octanol–water partition coefficient (Wildman–Crippen LogP) is 3.35. The van der Waals surface area contributed by atoms with Gasteiger partial charge in [0, 0.05) is 24.6 Å². The monoisotopic (exact) mass is 358 g/mol. The maximum Gasteiger partial charge on any atom is 0.417 e. The minimum Gasteiger partial charge on any atom is -0.374 e. The number of hydrogen-bond donors (Lipinski definition) is 0. The smallest absolute Gasteiger partial charge is 0.374 e. The van der Waals surface area contributed by atoms with Crippen molar-refractivity contribution in [2.75, 3.05) is 29.9 Å². The Hall–Kier alpha value is -0.530. The van der Waals surface area contributed by atoms with E-state index in [4.69, 9.17) is 16.3 Å². The number of ether oxygens (including phenoxy) is 1. The van der Waals surface area contributed by atoms with Crippen LogP contribution in [0.5, 0.6) is 0 Å². The highest BCUT2D eigenvalue weighted by Crippen LogP contribution is 2.33. The molecule has 0 aliphatic carbocycles. The van der Waals surface area contributed by atoms with Crippen molar-refractivity contribution in [1.82, 2.24) is 4.98 Å². The molecule has 1 atom stereocenters. The van der Waals surface area contributed by atoms with Gasteiger partial charge in [0.05, 0.1) is 23.3 Å². The first-order valence-electron chi connectivity index (χ1n) is 5.57. The third-order valence-corrected chi connectivity index (χ3v) is 3.76. The molecule has 0 bridgehead atoms. The van der Waals surface area contributed by atoms with Gasteiger partial charge in [0.2, 0.25) is 0 Å². The van der Waals surface area contributed by atoms with Gasteiger partial charge in [-0.25, -0.2) is 4.98 Å². The summed E-state index contributed by atoms with van der Waals surface area (Å²) in [5.41, 5.74) is -0.841. The van der Waals surface area contributed by atoms with Crippen molar-refractivity contribution in [3.05, 3.63) is 22.8 Å². The van der Waals surface area contributed by atoms with Crippen molar-refractivity contribution in [2.24, 2.45) is 0 Å². The summed E-state index contributed by atoms with van der Waals surface area (Å²) in [7, 11) is 0. The van der Waals surface area contributed by atoms with Crippen molar-refractivity contribution in [3.63, 3.8) is 0 Å². The summed E-state index contributed by atoms with van der Waals surface area (Å²) < 4.78 is 43.0. The zero-order valence-electron chi connectivity index (χ0n) is 9.75. The van der Waals surface area contributed by atoms with Crippen LogP contribution in [0.4, 0.5) is 19.0 Å². The number of alkyl halides is 4. The first kappa shape index (κ1) is 14.9. The highest BCUT2D eigenvalue weighted by atomic mass is 79.9. The molecule has 1 aromatic rings. The van der Waals surface area contributed by atoms with Gasteiger partial charge in [-0.15, -0.1) is 0 Å². The van der Waals surface area contributed by atoms with E-state index < -0.39 is 11.7 Å². The molecule has 1 aromatic heterocycles. The molecule has 1 aliphatic rings. The fraction of sp³-hybridized carbons (Fsp3) is 0.545. The Morgan fingerprint density at radius 1 is 1.53 bits per heavy atom. The molecule has 2 rings (SSSR count). The Kier molecular flexibility index (Phi) is 4.58. The van der Waals surface area contributed by atoms with Crippen LogP contribution in [0.1, 0.15) is 5.56 Å². The normalized spacial score (nSPS) is 20.7. The lowest BCUT2D eigenvalue weighted by atomic mass is 10.2. The molecule has 0 amide bonds. The highest BCUT2D eigenvalue weighted by Gasteiger charge is 2.32. The van der Waals surface area contributed by atoms with Gasteiger partial charge in [0.1, 0.15) is 5.82 Å². The molecule has 3 nitrogen and oxygen atoms in total. The van der Waals surface area contributed by atoms with E-state index in [1.165, 1.54) is 0 Å². The lowest BCUT2D eigenvalue weighted by Gasteiger charge is -2.33. The van der Waals surface area contributed by atoms with Crippen LogP contribution in [0.3, 0.4) is 0 Å². The molecule has 0 aromatic carbocycles. The number of pyridine rings is 1. The van der Waals surface area contributed by atoms with Crippen LogP contribution in [-0.4, -0.2) is 36.1 Å². The Morgan fingerprint density at radius 3 is 2.84 bits per heavy atom. The molecular weight excluding hydrogens is 348 g/mol. The summed E-state index contributed by atoms with van der Waals surface area (Å²) in [4.78, 5) is 5.67. The first-order chi connectivity index (χ1) is 8.91. The quantitative estimate of drug-likeness (QED) is 0.757. The van der Waals surface area contributed by atoms with Crippen LogP contribution in [-0.2, 0) is 10.9 Å². The van der Waals surface area contributed by atoms with Gasteiger partial charge in [-0.05, 0) is 6.07 Å². The molecular formula is C11H11BrClF3N2O. The van der Waals surface area contributed by atoms with E-state index in [9.17, 15) is 13.2 Å². The highest BCUT2D eigenvalue weighted by molar-refractivity contribution is 9.09. The molecule has 19 heavy (non-hydrogen) atoms. The zero-order chi connectivity index (χ0) is 14.0. The lowest BCUT2D eigenvalue weighted by Crippen LogP contribution is -2.43. The van der Waals surface area contributed by atoms with Crippen LogP contribution in [0.25, 0.3) is 0 Å². The van der Waals surface area contributed by atoms with E-state index in [1.807, 2.05) is 4.90 Å². The third-order valence-electron chi connectivity index (χ3n) is 2.76. The molecule has 1 fully saturated rings. The lowest BCUT2D eigenvalue weighted by molar-refractivity contribution is -0.137. The molecule has 1 unspecified atom stereocenters. The number of morpholine rings is 1. The number of aromatic nitrogens is 1. The number of halogens is 5. The average molecular weight is 360 g/mol. The van der Waals surface area contributed by atoms with E-state index in [0.717, 1.165) is 12.3 Å². The van der Waals surface area contributed by atoms with Crippen molar-refractivity contribution in [1.29, 1.82) is 0 Å². The molecule has 2 heterocycles. The fourth-order valence-electron chi connectivity index (χ4n) is 1.82. The van der Waals surface area contributed by atoms with Crippen LogP contribution in [0, 0.1) is 0 Å². The van der Waals surface area contributed by atoms with Gasteiger partial charge in [0.15, 0.2) is 0 Å². The van der Waals surface area contributed by atoms with E-state index >= 15 is 0 Å². The number of hydrogen-bond acceptors (Lipinski definition) is 3. The molecule has 1 saturated heterocycles. The summed E-state index contributed by atoms with van der Waals surface area (Å²) in [6.45, 7) is 1.60. The second-order valence-corrected chi connectivity index (χ2v) is 5.17. The maximum atomic E-state index is 12.5. The first-order valence-corrected chi connectivity index (χ1v) is 7.07. The number of rotatable bonds is 2. The Bertz CT molecular complexity index is 458. The van der Waals surface area contributed by atoms with Crippen LogP contribution < -0.4 is 4.90 Å². The van der Waals surface area contributed by atoms with Crippen molar-refractivity contribution in [2.45, 2.75) is 12.3 Å². The van der Waals surface area contributed by atoms with Gasteiger partial charge in [-0.1, -0.05) is 27.5 Å². The minimum atomic E-state index is -4.43. The van der Waals surface area contributed by atoms with Crippen molar-refractivity contribution in [3.8, 4) is 0 Å². The van der Waals surface area contributed by atoms with Gasteiger partial charge < -0.3 is 9.64 Å². The zero-order valence-corrected chi connectivity index (χ0v) is 12.1. The summed E-state index contributed by atoms with van der Waals surface area (Å²) in [5, 5.41) is 0.659. The number of anilines is 1. The third kappa shape index (κ3) is 3.52.